The lowest BCUT2D eigenvalue weighted by molar-refractivity contribution is 0.0589. The predicted molar refractivity (Wildman–Crippen MR) is 113 cm³/mol. The van der Waals surface area contributed by atoms with Crippen molar-refractivity contribution in [3.8, 4) is 0 Å². The summed E-state index contributed by atoms with van der Waals surface area (Å²) in [6.45, 7) is 7.55. The molecule has 1 aromatic heterocycles. The molecule has 1 aliphatic carbocycles. The molecule has 3 heterocycles. The summed E-state index contributed by atoms with van der Waals surface area (Å²) in [6.07, 6.45) is 9.88. The van der Waals surface area contributed by atoms with Crippen LogP contribution in [0.1, 0.15) is 54.4 Å². The maximum Gasteiger partial charge on any atom is 0.253 e. The van der Waals surface area contributed by atoms with E-state index >= 15 is 0 Å². The Morgan fingerprint density at radius 2 is 1.75 bits per heavy atom. The Morgan fingerprint density at radius 3 is 2.46 bits per heavy atom. The number of fused-ring (bicyclic) bond motifs is 1. The minimum atomic E-state index is 0.185. The molecule has 1 amide bonds. The molecule has 2 aliphatic heterocycles. The van der Waals surface area contributed by atoms with Crippen LogP contribution in [0.4, 0.5) is 0 Å². The van der Waals surface area contributed by atoms with Crippen molar-refractivity contribution < 1.29 is 4.79 Å². The van der Waals surface area contributed by atoms with Crippen LogP contribution in [0.5, 0.6) is 0 Å². The first kappa shape index (κ1) is 18.2. The first-order chi connectivity index (χ1) is 13.8. The monoisotopic (exact) mass is 380 g/mol. The maximum atomic E-state index is 12.8. The summed E-state index contributed by atoms with van der Waals surface area (Å²) in [5, 5.41) is 1.26. The van der Waals surface area contributed by atoms with Gasteiger partial charge in [0.2, 0.25) is 0 Å². The standard InChI is InChI=1S/C23H32N4O/c28-23(27-9-2-1-3-10-27)18-7-8-21-19(16-24-22(21)15-18)17-25-11-13-26(14-12-25)20-5-4-6-20/h7-8,15-16,20,24H,1-6,9-14,17H2. The van der Waals surface area contributed by atoms with E-state index in [-0.39, 0.29) is 5.91 Å². The van der Waals surface area contributed by atoms with E-state index in [0.717, 1.165) is 62.7 Å². The van der Waals surface area contributed by atoms with E-state index in [9.17, 15) is 4.79 Å². The number of amides is 1. The Morgan fingerprint density at radius 1 is 0.964 bits per heavy atom. The average molecular weight is 381 g/mol. The van der Waals surface area contributed by atoms with Crippen LogP contribution >= 0.6 is 0 Å². The van der Waals surface area contributed by atoms with Gasteiger partial charge in [0.1, 0.15) is 0 Å². The number of nitrogens with zero attached hydrogens (tertiary/aromatic N) is 3. The second-order valence-corrected chi connectivity index (χ2v) is 8.82. The van der Waals surface area contributed by atoms with Crippen LogP contribution in [0.15, 0.2) is 24.4 Å². The first-order valence-electron chi connectivity index (χ1n) is 11.1. The zero-order valence-corrected chi connectivity index (χ0v) is 16.8. The van der Waals surface area contributed by atoms with Crippen LogP contribution in [0.2, 0.25) is 0 Å². The fraction of sp³-hybridized carbons (Fsp3) is 0.609. The zero-order valence-electron chi connectivity index (χ0n) is 16.8. The minimum absolute atomic E-state index is 0.185. The Balaban J connectivity index is 1.24. The number of aromatic amines is 1. The highest BCUT2D eigenvalue weighted by Crippen LogP contribution is 2.27. The van der Waals surface area contributed by atoms with Gasteiger partial charge >= 0.3 is 0 Å². The normalized spacial score (nSPS) is 22.5. The summed E-state index contributed by atoms with van der Waals surface area (Å²) in [4.78, 5) is 23.5. The van der Waals surface area contributed by atoms with Crippen molar-refractivity contribution in [2.24, 2.45) is 0 Å². The average Bonchev–Trinajstić information content (AvgIpc) is 3.10. The van der Waals surface area contributed by atoms with E-state index in [1.54, 1.807) is 0 Å². The number of H-pyrrole nitrogens is 1. The quantitative estimate of drug-likeness (QED) is 0.883. The van der Waals surface area contributed by atoms with E-state index in [0.29, 0.717) is 0 Å². The largest absolute Gasteiger partial charge is 0.361 e. The molecule has 0 radical (unpaired) electrons. The molecule has 0 atom stereocenters. The van der Waals surface area contributed by atoms with Crippen molar-refractivity contribution >= 4 is 16.8 Å². The molecule has 3 fully saturated rings. The smallest absolute Gasteiger partial charge is 0.253 e. The van der Waals surface area contributed by atoms with E-state index in [1.807, 2.05) is 17.0 Å². The van der Waals surface area contributed by atoms with Crippen molar-refractivity contribution in [3.05, 3.63) is 35.5 Å². The van der Waals surface area contributed by atoms with E-state index in [1.165, 1.54) is 49.7 Å². The summed E-state index contributed by atoms with van der Waals surface area (Å²) >= 11 is 0. The third kappa shape index (κ3) is 3.58. The van der Waals surface area contributed by atoms with Crippen LogP contribution < -0.4 is 0 Å². The summed E-state index contributed by atoms with van der Waals surface area (Å²) in [7, 11) is 0. The highest BCUT2D eigenvalue weighted by Gasteiger charge is 2.28. The molecule has 28 heavy (non-hydrogen) atoms. The summed E-state index contributed by atoms with van der Waals surface area (Å²) < 4.78 is 0. The van der Waals surface area contributed by atoms with Gasteiger partial charge in [0.25, 0.3) is 5.91 Å². The number of benzene rings is 1. The molecule has 3 aliphatic rings. The molecule has 0 bridgehead atoms. The highest BCUT2D eigenvalue weighted by atomic mass is 16.2. The molecule has 2 aromatic rings. The number of rotatable bonds is 4. The van der Waals surface area contributed by atoms with Crippen molar-refractivity contribution in [2.45, 2.75) is 51.1 Å². The molecule has 1 saturated carbocycles. The van der Waals surface area contributed by atoms with E-state index < -0.39 is 0 Å². The van der Waals surface area contributed by atoms with Gasteiger partial charge in [0.05, 0.1) is 0 Å². The van der Waals surface area contributed by atoms with Crippen molar-refractivity contribution in [1.82, 2.24) is 19.7 Å². The molecule has 5 nitrogen and oxygen atoms in total. The SMILES string of the molecule is O=C(c1ccc2c(CN3CCN(C4CCC4)CC3)c[nH]c2c1)N1CCCCC1. The fourth-order valence-electron chi connectivity index (χ4n) is 5.01. The Hall–Kier alpha value is -1.85. The summed E-state index contributed by atoms with van der Waals surface area (Å²) in [5.41, 5.74) is 3.26. The lowest BCUT2D eigenvalue weighted by atomic mass is 9.91. The lowest BCUT2D eigenvalue weighted by Crippen LogP contribution is -2.51. The van der Waals surface area contributed by atoms with Gasteiger partial charge in [0, 0.05) is 74.5 Å². The Bertz CT molecular complexity index is 826. The molecule has 0 unspecified atom stereocenters. The molecule has 1 N–H and O–H groups in total. The minimum Gasteiger partial charge on any atom is -0.361 e. The van der Waals surface area contributed by atoms with Gasteiger partial charge in [0.15, 0.2) is 0 Å². The number of piperazine rings is 1. The van der Waals surface area contributed by atoms with Crippen molar-refractivity contribution in [2.75, 3.05) is 39.3 Å². The molecule has 5 rings (SSSR count). The van der Waals surface area contributed by atoms with E-state index in [4.69, 9.17) is 0 Å². The second-order valence-electron chi connectivity index (χ2n) is 8.82. The maximum absolute atomic E-state index is 12.8. The van der Waals surface area contributed by atoms with Gasteiger partial charge in [-0.2, -0.15) is 0 Å². The van der Waals surface area contributed by atoms with Gasteiger partial charge in [-0.3, -0.25) is 14.6 Å². The van der Waals surface area contributed by atoms with Crippen LogP contribution in [0, 0.1) is 0 Å². The van der Waals surface area contributed by atoms with Gasteiger partial charge < -0.3 is 9.88 Å². The molecule has 0 spiro atoms. The number of aromatic nitrogens is 1. The van der Waals surface area contributed by atoms with Crippen LogP contribution in [-0.2, 0) is 6.54 Å². The van der Waals surface area contributed by atoms with Gasteiger partial charge in [-0.25, -0.2) is 0 Å². The predicted octanol–water partition coefficient (Wildman–Crippen LogP) is 3.46. The molecular formula is C23H32N4O. The van der Waals surface area contributed by atoms with Crippen LogP contribution in [0.25, 0.3) is 10.9 Å². The summed E-state index contributed by atoms with van der Waals surface area (Å²) in [5.74, 6) is 0.185. The number of nitrogens with one attached hydrogen (secondary N) is 1. The fourth-order valence-corrected chi connectivity index (χ4v) is 5.01. The third-order valence-corrected chi connectivity index (χ3v) is 7.05. The number of hydrogen-bond donors (Lipinski definition) is 1. The molecule has 150 valence electrons. The van der Waals surface area contributed by atoms with Gasteiger partial charge in [-0.15, -0.1) is 0 Å². The highest BCUT2D eigenvalue weighted by molar-refractivity contribution is 5.98. The van der Waals surface area contributed by atoms with Crippen LogP contribution in [0.3, 0.4) is 0 Å². The third-order valence-electron chi connectivity index (χ3n) is 7.05. The Kier molecular flexibility index (Phi) is 5.12. The topological polar surface area (TPSA) is 42.6 Å². The van der Waals surface area contributed by atoms with Gasteiger partial charge in [-0.05, 0) is 49.8 Å². The van der Waals surface area contributed by atoms with Crippen molar-refractivity contribution in [1.29, 1.82) is 0 Å². The molecule has 2 saturated heterocycles. The van der Waals surface area contributed by atoms with Crippen molar-refractivity contribution in [3.63, 3.8) is 0 Å². The van der Waals surface area contributed by atoms with Gasteiger partial charge in [-0.1, -0.05) is 12.5 Å². The lowest BCUT2D eigenvalue weighted by Gasteiger charge is -2.43. The second kappa shape index (κ2) is 7.88. The number of hydrogen-bond acceptors (Lipinski definition) is 3. The Labute approximate surface area is 167 Å². The summed E-state index contributed by atoms with van der Waals surface area (Å²) in [6, 6.07) is 7.07. The van der Waals surface area contributed by atoms with Crippen LogP contribution in [-0.4, -0.2) is 70.9 Å². The first-order valence-corrected chi connectivity index (χ1v) is 11.1. The molecule has 5 heteroatoms. The molecule has 1 aromatic carbocycles. The number of likely N-dealkylation sites (tertiary alicyclic amines) is 1. The number of carbonyl (C=O) groups is 1. The zero-order chi connectivity index (χ0) is 18.9. The number of piperidine rings is 1. The number of carbonyl (C=O) groups excluding carboxylic acids is 1. The molecular weight excluding hydrogens is 348 g/mol. The van der Waals surface area contributed by atoms with E-state index in [2.05, 4.69) is 27.0 Å².